The molecule has 0 aliphatic carbocycles. The lowest BCUT2D eigenvalue weighted by Crippen LogP contribution is -2.06. The Labute approximate surface area is 123 Å². The van der Waals surface area contributed by atoms with Gasteiger partial charge >= 0.3 is 0 Å². The molecule has 0 saturated heterocycles. The number of fused-ring (bicyclic) bond motifs is 1. The van der Waals surface area contributed by atoms with Crippen molar-refractivity contribution < 1.29 is 4.39 Å². The summed E-state index contributed by atoms with van der Waals surface area (Å²) in [5, 5.41) is 0. The third-order valence-electron chi connectivity index (χ3n) is 3.61. The number of nitrogens with two attached hydrogens (primary N) is 1. The Morgan fingerprint density at radius 2 is 2.00 bits per heavy atom. The maximum Gasteiger partial charge on any atom is 0.128 e. The molecule has 0 unspecified atom stereocenters. The Morgan fingerprint density at radius 1 is 1.19 bits per heavy atom. The number of rotatable bonds is 4. The van der Waals surface area contributed by atoms with Gasteiger partial charge in [-0.05, 0) is 30.7 Å². The maximum atomic E-state index is 13.9. The van der Waals surface area contributed by atoms with Crippen molar-refractivity contribution in [2.75, 3.05) is 5.73 Å². The zero-order chi connectivity index (χ0) is 14.8. The Kier molecular flexibility index (Phi) is 3.60. The van der Waals surface area contributed by atoms with Crippen LogP contribution >= 0.6 is 0 Å². The third-order valence-corrected chi connectivity index (χ3v) is 3.61. The second-order valence-electron chi connectivity index (χ2n) is 5.20. The number of nitrogen functional groups attached to an aromatic ring is 1. The number of anilines is 1. The van der Waals surface area contributed by atoms with Gasteiger partial charge in [0, 0.05) is 17.7 Å². The molecule has 0 spiro atoms. The van der Waals surface area contributed by atoms with E-state index < -0.39 is 0 Å². The van der Waals surface area contributed by atoms with Crippen molar-refractivity contribution in [3.8, 4) is 0 Å². The fourth-order valence-corrected chi connectivity index (χ4v) is 2.58. The molecule has 0 saturated carbocycles. The van der Waals surface area contributed by atoms with E-state index in [4.69, 9.17) is 5.73 Å². The summed E-state index contributed by atoms with van der Waals surface area (Å²) >= 11 is 0. The first kappa shape index (κ1) is 13.6. The van der Waals surface area contributed by atoms with Crippen molar-refractivity contribution in [3.05, 3.63) is 59.7 Å². The highest BCUT2D eigenvalue weighted by molar-refractivity contribution is 5.79. The highest BCUT2D eigenvalue weighted by atomic mass is 19.1. The van der Waals surface area contributed by atoms with Crippen LogP contribution in [0.2, 0.25) is 0 Å². The van der Waals surface area contributed by atoms with Gasteiger partial charge in [-0.1, -0.05) is 25.1 Å². The minimum atomic E-state index is -0.183. The zero-order valence-electron chi connectivity index (χ0n) is 12.0. The zero-order valence-corrected chi connectivity index (χ0v) is 12.0. The summed E-state index contributed by atoms with van der Waals surface area (Å²) in [6.07, 6.45) is 1.86. The Hall–Kier alpha value is -2.36. The molecule has 4 heteroatoms. The quantitative estimate of drug-likeness (QED) is 0.741. The number of hydrogen-bond acceptors (Lipinski definition) is 2. The Morgan fingerprint density at radius 3 is 2.76 bits per heavy atom. The summed E-state index contributed by atoms with van der Waals surface area (Å²) in [5.41, 5.74) is 9.06. The van der Waals surface area contributed by atoms with Crippen LogP contribution in [0.1, 0.15) is 24.7 Å². The van der Waals surface area contributed by atoms with E-state index in [-0.39, 0.29) is 5.82 Å². The van der Waals surface area contributed by atoms with Crippen molar-refractivity contribution >= 4 is 16.7 Å². The molecule has 21 heavy (non-hydrogen) atoms. The van der Waals surface area contributed by atoms with Crippen molar-refractivity contribution in [3.63, 3.8) is 0 Å². The highest BCUT2D eigenvalue weighted by Crippen LogP contribution is 2.22. The average molecular weight is 283 g/mol. The van der Waals surface area contributed by atoms with Gasteiger partial charge in [0.15, 0.2) is 0 Å². The molecule has 1 heterocycles. The predicted octanol–water partition coefficient (Wildman–Crippen LogP) is 3.76. The topological polar surface area (TPSA) is 43.8 Å². The van der Waals surface area contributed by atoms with Crippen LogP contribution in [-0.2, 0) is 13.0 Å². The molecule has 0 aliphatic rings. The molecule has 0 atom stereocenters. The summed E-state index contributed by atoms with van der Waals surface area (Å²) in [5.74, 6) is 0.790. The third kappa shape index (κ3) is 2.61. The lowest BCUT2D eigenvalue weighted by molar-refractivity contribution is 0.596. The molecule has 108 valence electrons. The minimum absolute atomic E-state index is 0.183. The molecule has 0 bridgehead atoms. The lowest BCUT2D eigenvalue weighted by atomic mass is 10.2. The summed E-state index contributed by atoms with van der Waals surface area (Å²) in [6, 6.07) is 12.6. The van der Waals surface area contributed by atoms with Crippen LogP contribution in [0.25, 0.3) is 11.0 Å². The van der Waals surface area contributed by atoms with E-state index in [0.29, 0.717) is 17.8 Å². The molecule has 3 aromatic rings. The minimum Gasteiger partial charge on any atom is -0.399 e. The van der Waals surface area contributed by atoms with Gasteiger partial charge in [0.05, 0.1) is 17.6 Å². The van der Waals surface area contributed by atoms with Crippen LogP contribution in [0.15, 0.2) is 42.5 Å². The first-order valence-electron chi connectivity index (χ1n) is 7.17. The van der Waals surface area contributed by atoms with Gasteiger partial charge in [-0.2, -0.15) is 0 Å². The van der Waals surface area contributed by atoms with Crippen LogP contribution < -0.4 is 5.73 Å². The molecule has 3 rings (SSSR count). The van der Waals surface area contributed by atoms with Crippen LogP contribution in [0.3, 0.4) is 0 Å². The van der Waals surface area contributed by atoms with Gasteiger partial charge in [-0.15, -0.1) is 0 Å². The summed E-state index contributed by atoms with van der Waals surface area (Å²) < 4.78 is 16.0. The largest absolute Gasteiger partial charge is 0.399 e. The lowest BCUT2D eigenvalue weighted by Gasteiger charge is -2.09. The molecular weight excluding hydrogens is 265 g/mol. The normalized spacial score (nSPS) is 11.1. The van der Waals surface area contributed by atoms with Gasteiger partial charge in [-0.25, -0.2) is 9.37 Å². The molecular formula is C17H18FN3. The van der Waals surface area contributed by atoms with Crippen molar-refractivity contribution in [1.82, 2.24) is 9.55 Å². The number of aryl methyl sites for hydroxylation is 1. The number of imidazole rings is 1. The summed E-state index contributed by atoms with van der Waals surface area (Å²) in [4.78, 5) is 4.65. The van der Waals surface area contributed by atoms with E-state index >= 15 is 0 Å². The van der Waals surface area contributed by atoms with Crippen molar-refractivity contribution in [1.29, 1.82) is 0 Å². The van der Waals surface area contributed by atoms with E-state index in [0.717, 1.165) is 29.7 Å². The summed E-state index contributed by atoms with van der Waals surface area (Å²) in [6.45, 7) is 2.60. The first-order chi connectivity index (χ1) is 10.2. The second kappa shape index (κ2) is 5.56. The molecule has 2 aromatic carbocycles. The molecule has 0 aliphatic heterocycles. The maximum absolute atomic E-state index is 13.9. The van der Waals surface area contributed by atoms with Crippen LogP contribution in [0.5, 0.6) is 0 Å². The van der Waals surface area contributed by atoms with Crippen LogP contribution in [-0.4, -0.2) is 9.55 Å². The molecule has 0 radical (unpaired) electrons. The van der Waals surface area contributed by atoms with Crippen molar-refractivity contribution in [2.45, 2.75) is 26.3 Å². The van der Waals surface area contributed by atoms with E-state index in [2.05, 4.69) is 16.5 Å². The number of nitrogens with zero attached hydrogens (tertiary/aromatic N) is 2. The molecule has 0 fully saturated rings. The number of aromatic nitrogens is 2. The first-order valence-corrected chi connectivity index (χ1v) is 7.17. The smallest absolute Gasteiger partial charge is 0.128 e. The molecule has 0 amide bonds. The van der Waals surface area contributed by atoms with Crippen LogP contribution in [0, 0.1) is 5.82 Å². The van der Waals surface area contributed by atoms with Gasteiger partial charge in [0.25, 0.3) is 0 Å². The fraction of sp³-hybridized carbons (Fsp3) is 0.235. The number of halogens is 1. The predicted molar refractivity (Wildman–Crippen MR) is 83.6 cm³/mol. The Balaban J connectivity index is 2.11. The summed E-state index contributed by atoms with van der Waals surface area (Å²) in [7, 11) is 0. The second-order valence-corrected chi connectivity index (χ2v) is 5.20. The van der Waals surface area contributed by atoms with E-state index in [1.54, 1.807) is 6.07 Å². The van der Waals surface area contributed by atoms with E-state index in [1.165, 1.54) is 6.07 Å². The van der Waals surface area contributed by atoms with Gasteiger partial charge in [0.1, 0.15) is 11.6 Å². The number of benzene rings is 2. The standard InChI is InChI=1S/C17H18FN3/c1-2-5-17-20-15-10-13(19)8-9-16(15)21(17)11-12-6-3-4-7-14(12)18/h3-4,6-10H,2,5,11,19H2,1H3. The number of hydrogen-bond donors (Lipinski definition) is 1. The van der Waals surface area contributed by atoms with E-state index in [9.17, 15) is 4.39 Å². The molecule has 3 nitrogen and oxygen atoms in total. The average Bonchev–Trinajstić information content (AvgIpc) is 2.79. The van der Waals surface area contributed by atoms with E-state index in [1.807, 2.05) is 30.3 Å². The Bertz CT molecular complexity index is 777. The molecule has 1 aromatic heterocycles. The van der Waals surface area contributed by atoms with Gasteiger partial charge in [0.2, 0.25) is 0 Å². The van der Waals surface area contributed by atoms with Crippen molar-refractivity contribution in [2.24, 2.45) is 0 Å². The fourth-order valence-electron chi connectivity index (χ4n) is 2.58. The SMILES string of the molecule is CCCc1nc2cc(N)ccc2n1Cc1ccccc1F. The molecule has 2 N–H and O–H groups in total. The van der Waals surface area contributed by atoms with Gasteiger partial charge in [-0.3, -0.25) is 0 Å². The van der Waals surface area contributed by atoms with Crippen LogP contribution in [0.4, 0.5) is 10.1 Å². The monoisotopic (exact) mass is 283 g/mol. The highest BCUT2D eigenvalue weighted by Gasteiger charge is 2.12. The van der Waals surface area contributed by atoms with Gasteiger partial charge < -0.3 is 10.3 Å².